The van der Waals surface area contributed by atoms with Gasteiger partial charge in [0.25, 0.3) is 0 Å². The van der Waals surface area contributed by atoms with Crippen LogP contribution in [0.25, 0.3) is 23.3 Å². The molecule has 3 aromatic rings. The molecular weight excluding hydrogens is 437 g/mol. The van der Waals surface area contributed by atoms with Crippen molar-refractivity contribution in [1.29, 1.82) is 0 Å². The molecule has 6 rings (SSSR count). The van der Waals surface area contributed by atoms with Crippen molar-refractivity contribution >= 4 is 17.9 Å². The second-order valence-corrected chi connectivity index (χ2v) is 8.80. The Balaban J connectivity index is 0.000000313. The van der Waals surface area contributed by atoms with Gasteiger partial charge >= 0.3 is 0 Å². The molecule has 0 bridgehead atoms. The lowest BCUT2D eigenvalue weighted by Crippen LogP contribution is -2.37. The largest absolute Gasteiger partial charge is 0.508 e. The van der Waals surface area contributed by atoms with Crippen molar-refractivity contribution in [2.75, 3.05) is 0 Å². The summed E-state index contributed by atoms with van der Waals surface area (Å²) in [5.41, 5.74) is 5.15. The average molecular weight is 464 g/mol. The Kier molecular flexibility index (Phi) is 6.44. The molecule has 174 valence electrons. The molecule has 2 N–H and O–H groups in total. The number of phenolic OH excluding ortho intramolecular Hbond substituents is 1. The number of fused-ring (bicyclic) bond motifs is 5. The van der Waals surface area contributed by atoms with Gasteiger partial charge in [0, 0.05) is 23.9 Å². The van der Waals surface area contributed by atoms with E-state index >= 15 is 0 Å². The van der Waals surface area contributed by atoms with E-state index in [9.17, 15) is 14.3 Å². The number of rotatable bonds is 2. The zero-order valence-electron chi connectivity index (χ0n) is 19.2. The van der Waals surface area contributed by atoms with E-state index in [4.69, 9.17) is 0 Å². The van der Waals surface area contributed by atoms with Crippen LogP contribution in [0.2, 0.25) is 0 Å². The first-order chi connectivity index (χ1) is 17.1. The van der Waals surface area contributed by atoms with E-state index < -0.39 is 0 Å². The number of allylic oxidation sites excluding steroid dienone is 4. The molecule has 3 aliphatic rings. The Labute approximate surface area is 204 Å². The van der Waals surface area contributed by atoms with Crippen molar-refractivity contribution in [3.8, 4) is 16.9 Å². The standard InChI is InChI=1S/C25H19FO2.C6H7N/c26-19-8-3-17(4-9-19)25(28)18-2-1-15-6-12-22-21(23(15)13-18)11-7-16-5-10-20(27)14-24(16)22;1-2-4-6-7-5-3-1/h3-6,8-14,18,27H,1-2,7H2;1-7H. The van der Waals surface area contributed by atoms with E-state index in [1.54, 1.807) is 18.2 Å². The molecule has 1 aliphatic heterocycles. The van der Waals surface area contributed by atoms with Gasteiger partial charge in [0.05, 0.1) is 0 Å². The van der Waals surface area contributed by atoms with Gasteiger partial charge < -0.3 is 10.4 Å². The lowest BCUT2D eigenvalue weighted by molar-refractivity contribution is 0.0946. The molecule has 0 aromatic heterocycles. The number of hydrogen-bond acceptors (Lipinski definition) is 3. The van der Waals surface area contributed by atoms with Crippen LogP contribution in [0, 0.1) is 11.7 Å². The number of carbonyl (C=O) groups excluding carboxylic acids is 1. The van der Waals surface area contributed by atoms with Gasteiger partial charge in [0.1, 0.15) is 11.6 Å². The summed E-state index contributed by atoms with van der Waals surface area (Å²) in [6.07, 6.45) is 18.3. The first-order valence-electron chi connectivity index (χ1n) is 11.8. The summed E-state index contributed by atoms with van der Waals surface area (Å²) in [5, 5.41) is 15.1. The van der Waals surface area contributed by atoms with Gasteiger partial charge in [0.2, 0.25) is 0 Å². The van der Waals surface area contributed by atoms with Crippen LogP contribution < -0.4 is 15.8 Å². The number of aromatic hydroxyl groups is 1. The molecule has 3 nitrogen and oxygen atoms in total. The molecule has 2 aliphatic carbocycles. The fraction of sp³-hybridized carbons (Fsp3) is 0.129. The minimum Gasteiger partial charge on any atom is -0.508 e. The van der Waals surface area contributed by atoms with E-state index in [0.717, 1.165) is 40.8 Å². The Morgan fingerprint density at radius 2 is 1.60 bits per heavy atom. The van der Waals surface area contributed by atoms with Crippen molar-refractivity contribution in [3.05, 3.63) is 124 Å². The van der Waals surface area contributed by atoms with E-state index in [1.807, 2.05) is 48.8 Å². The molecule has 1 unspecified atom stereocenters. The normalized spacial score (nSPS) is 16.7. The maximum Gasteiger partial charge on any atom is 0.169 e. The number of carbonyl (C=O) groups is 1. The smallest absolute Gasteiger partial charge is 0.169 e. The summed E-state index contributed by atoms with van der Waals surface area (Å²) in [7, 11) is 0. The molecular formula is C31H26FNO2. The van der Waals surface area contributed by atoms with Gasteiger partial charge in [0.15, 0.2) is 5.78 Å². The highest BCUT2D eigenvalue weighted by atomic mass is 19.1. The first-order valence-corrected chi connectivity index (χ1v) is 11.8. The number of hydrogen-bond donors (Lipinski definition) is 2. The number of nitrogens with one attached hydrogen (secondary N) is 1. The Hall–Kier alpha value is -4.18. The highest BCUT2D eigenvalue weighted by Gasteiger charge is 2.23. The molecule has 0 spiro atoms. The summed E-state index contributed by atoms with van der Waals surface area (Å²) in [6, 6.07) is 15.6. The van der Waals surface area contributed by atoms with Crippen LogP contribution in [0.15, 0.2) is 91.3 Å². The molecule has 3 aromatic carbocycles. The maximum absolute atomic E-state index is 13.2. The Morgan fingerprint density at radius 1 is 0.857 bits per heavy atom. The SMILES string of the molecule is C1=CC=CNC=C1.O=C(c1ccc(F)cc1)C1C=c2c(ccc3c2=CCc2ccc(O)cc2-3)CC1. The van der Waals surface area contributed by atoms with Crippen molar-refractivity contribution in [1.82, 2.24) is 5.32 Å². The Morgan fingerprint density at radius 3 is 2.37 bits per heavy atom. The minimum absolute atomic E-state index is 0.0390. The predicted molar refractivity (Wildman–Crippen MR) is 139 cm³/mol. The third-order valence-electron chi connectivity index (χ3n) is 6.56. The molecule has 0 amide bonds. The molecule has 0 radical (unpaired) electrons. The second-order valence-electron chi connectivity index (χ2n) is 8.80. The summed E-state index contributed by atoms with van der Waals surface area (Å²) < 4.78 is 13.2. The quantitative estimate of drug-likeness (QED) is 0.530. The molecule has 1 heterocycles. The molecule has 1 atom stereocenters. The van der Waals surface area contributed by atoms with Gasteiger partial charge in [-0.3, -0.25) is 4.79 Å². The zero-order chi connectivity index (χ0) is 24.2. The lowest BCUT2D eigenvalue weighted by Gasteiger charge is -2.21. The van der Waals surface area contributed by atoms with Crippen molar-refractivity contribution in [3.63, 3.8) is 0 Å². The van der Waals surface area contributed by atoms with Crippen LogP contribution in [0.1, 0.15) is 27.9 Å². The lowest BCUT2D eigenvalue weighted by atomic mass is 9.82. The molecule has 0 saturated heterocycles. The summed E-state index contributed by atoms with van der Waals surface area (Å²) in [5.74, 6) is -0.238. The maximum atomic E-state index is 13.2. The highest BCUT2D eigenvalue weighted by Crippen LogP contribution is 2.29. The van der Waals surface area contributed by atoms with Gasteiger partial charge in [-0.25, -0.2) is 4.39 Å². The topological polar surface area (TPSA) is 49.3 Å². The monoisotopic (exact) mass is 463 g/mol. The third-order valence-corrected chi connectivity index (χ3v) is 6.56. The van der Waals surface area contributed by atoms with Crippen molar-refractivity contribution < 1.29 is 14.3 Å². The van der Waals surface area contributed by atoms with Crippen molar-refractivity contribution in [2.45, 2.75) is 19.3 Å². The van der Waals surface area contributed by atoms with Crippen LogP contribution in [0.4, 0.5) is 4.39 Å². The minimum atomic E-state index is -0.333. The van der Waals surface area contributed by atoms with E-state index in [2.05, 4.69) is 29.6 Å². The van der Waals surface area contributed by atoms with Gasteiger partial charge in [-0.1, -0.05) is 42.5 Å². The third kappa shape index (κ3) is 4.87. The summed E-state index contributed by atoms with van der Waals surface area (Å²) in [4.78, 5) is 12.9. The fourth-order valence-corrected chi connectivity index (χ4v) is 4.79. The molecule has 0 fully saturated rings. The fourth-order valence-electron chi connectivity index (χ4n) is 4.79. The highest BCUT2D eigenvalue weighted by molar-refractivity contribution is 6.01. The number of benzene rings is 3. The predicted octanol–water partition coefficient (Wildman–Crippen LogP) is 4.93. The number of Topliss-reactive ketones (excluding diaryl/α,β-unsaturated/α-hetero) is 1. The van der Waals surface area contributed by atoms with Gasteiger partial charge in [-0.15, -0.1) is 0 Å². The van der Waals surface area contributed by atoms with E-state index in [0.29, 0.717) is 5.56 Å². The van der Waals surface area contributed by atoms with Gasteiger partial charge in [-0.05, 0) is 101 Å². The zero-order valence-corrected chi connectivity index (χ0v) is 19.2. The van der Waals surface area contributed by atoms with Gasteiger partial charge in [-0.2, -0.15) is 0 Å². The summed E-state index contributed by atoms with van der Waals surface area (Å²) >= 11 is 0. The number of ketones is 1. The van der Waals surface area contributed by atoms with Crippen LogP contribution in [-0.4, -0.2) is 10.9 Å². The number of aryl methyl sites for hydroxylation is 1. The molecule has 35 heavy (non-hydrogen) atoms. The molecule has 0 saturated carbocycles. The van der Waals surface area contributed by atoms with Crippen LogP contribution in [0.5, 0.6) is 5.75 Å². The second kappa shape index (κ2) is 9.98. The van der Waals surface area contributed by atoms with Crippen molar-refractivity contribution in [2.24, 2.45) is 5.92 Å². The summed E-state index contributed by atoms with van der Waals surface area (Å²) in [6.45, 7) is 0. The number of phenols is 1. The Bertz CT molecular complexity index is 1470. The number of halogens is 1. The molecule has 4 heteroatoms. The van der Waals surface area contributed by atoms with E-state index in [1.165, 1.54) is 23.3 Å². The van der Waals surface area contributed by atoms with E-state index in [-0.39, 0.29) is 23.3 Å². The van der Waals surface area contributed by atoms with Crippen LogP contribution >= 0.6 is 0 Å². The first kappa shape index (κ1) is 22.6. The van der Waals surface area contributed by atoms with Crippen LogP contribution in [-0.2, 0) is 12.8 Å². The average Bonchev–Trinajstić information content (AvgIpc) is 3.22. The van der Waals surface area contributed by atoms with Crippen LogP contribution in [0.3, 0.4) is 0 Å².